The Morgan fingerprint density at radius 3 is 2.71 bits per heavy atom. The van der Waals surface area contributed by atoms with E-state index in [1.807, 2.05) is 48.5 Å². The van der Waals surface area contributed by atoms with Crippen molar-refractivity contribution in [1.29, 1.82) is 0 Å². The van der Waals surface area contributed by atoms with Crippen LogP contribution < -0.4 is 10.1 Å². The lowest BCUT2D eigenvalue weighted by Gasteiger charge is -2.12. The highest BCUT2D eigenvalue weighted by Crippen LogP contribution is 2.26. The number of nitrogens with zero attached hydrogens (tertiary/aromatic N) is 1. The largest absolute Gasteiger partial charge is 0.497 e. The van der Waals surface area contributed by atoms with E-state index in [4.69, 9.17) is 14.2 Å². The highest BCUT2D eigenvalue weighted by Gasteiger charge is 2.19. The highest BCUT2D eigenvalue weighted by atomic mass is 16.5. The third-order valence-corrected chi connectivity index (χ3v) is 5.21. The van der Waals surface area contributed by atoms with E-state index >= 15 is 0 Å². The Bertz CT molecular complexity index is 1080. The second-order valence-electron chi connectivity index (χ2n) is 7.32. The fraction of sp³-hybridized carbons (Fsp3) is 0.292. The molecule has 1 atom stereocenters. The molecule has 1 aliphatic rings. The first-order valence-electron chi connectivity index (χ1n) is 10.2. The predicted octanol–water partition coefficient (Wildman–Crippen LogP) is 3.36. The van der Waals surface area contributed by atoms with Crippen LogP contribution in [0.1, 0.15) is 23.2 Å². The third-order valence-electron chi connectivity index (χ3n) is 5.21. The molecule has 1 N–H and O–H groups in total. The van der Waals surface area contributed by atoms with Crippen molar-refractivity contribution in [3.8, 4) is 17.0 Å². The van der Waals surface area contributed by atoms with Gasteiger partial charge in [-0.15, -0.1) is 0 Å². The number of carbonyl (C=O) groups is 2. The summed E-state index contributed by atoms with van der Waals surface area (Å²) in [6, 6.07) is 16.5. The molecule has 1 saturated heterocycles. The van der Waals surface area contributed by atoms with Gasteiger partial charge in [-0.3, -0.25) is 4.79 Å². The molecular formula is C24H24N2O5. The van der Waals surface area contributed by atoms with Crippen LogP contribution in [0.25, 0.3) is 22.2 Å². The van der Waals surface area contributed by atoms with Gasteiger partial charge < -0.3 is 19.5 Å². The number of fused-ring (bicyclic) bond motifs is 1. The summed E-state index contributed by atoms with van der Waals surface area (Å²) in [5, 5.41) is 3.42. The van der Waals surface area contributed by atoms with Crippen LogP contribution in [0.3, 0.4) is 0 Å². The zero-order valence-electron chi connectivity index (χ0n) is 17.3. The summed E-state index contributed by atoms with van der Waals surface area (Å²) < 4.78 is 16.0. The Kier molecular flexibility index (Phi) is 6.43. The molecule has 0 aliphatic carbocycles. The van der Waals surface area contributed by atoms with Crippen molar-refractivity contribution in [1.82, 2.24) is 10.3 Å². The molecule has 1 amide bonds. The Morgan fingerprint density at radius 1 is 1.16 bits per heavy atom. The molecule has 0 bridgehead atoms. The number of hydrogen-bond acceptors (Lipinski definition) is 6. The molecule has 31 heavy (non-hydrogen) atoms. The molecule has 0 unspecified atom stereocenters. The average molecular weight is 420 g/mol. The van der Waals surface area contributed by atoms with Crippen molar-refractivity contribution >= 4 is 22.8 Å². The second kappa shape index (κ2) is 9.57. The first-order chi connectivity index (χ1) is 15.1. The molecule has 160 valence electrons. The number of methoxy groups -OCH3 is 1. The molecule has 1 aliphatic heterocycles. The fourth-order valence-corrected chi connectivity index (χ4v) is 3.55. The van der Waals surface area contributed by atoms with Gasteiger partial charge >= 0.3 is 5.97 Å². The summed E-state index contributed by atoms with van der Waals surface area (Å²) in [7, 11) is 1.61. The van der Waals surface area contributed by atoms with Gasteiger partial charge in [0.15, 0.2) is 6.61 Å². The van der Waals surface area contributed by atoms with Crippen LogP contribution in [0.4, 0.5) is 0 Å². The van der Waals surface area contributed by atoms with Gasteiger partial charge in [0.1, 0.15) is 5.75 Å². The number of pyridine rings is 1. The molecule has 0 saturated carbocycles. The Labute approximate surface area is 180 Å². The molecule has 7 heteroatoms. The van der Waals surface area contributed by atoms with Crippen LogP contribution in [0.15, 0.2) is 54.6 Å². The van der Waals surface area contributed by atoms with E-state index in [9.17, 15) is 9.59 Å². The standard InChI is InChI=1S/C24H24N2O5/c1-29-17-10-8-16(9-11-17)22-13-20(19-6-2-3-7-21(19)26-22)24(28)31-15-23(27)25-14-18-5-4-12-30-18/h2-3,6-11,13,18H,4-5,12,14-15H2,1H3,(H,25,27)/t18-/m0/s1. The predicted molar refractivity (Wildman–Crippen MR) is 116 cm³/mol. The number of aromatic nitrogens is 1. The van der Waals surface area contributed by atoms with Gasteiger partial charge in [-0.25, -0.2) is 9.78 Å². The van der Waals surface area contributed by atoms with Gasteiger partial charge in [0.05, 0.1) is 30.0 Å². The van der Waals surface area contributed by atoms with Crippen molar-refractivity contribution in [2.24, 2.45) is 0 Å². The summed E-state index contributed by atoms with van der Waals surface area (Å²) in [5.74, 6) is -0.184. The smallest absolute Gasteiger partial charge is 0.339 e. The molecule has 4 rings (SSSR count). The molecule has 7 nitrogen and oxygen atoms in total. The van der Waals surface area contributed by atoms with E-state index in [1.54, 1.807) is 13.2 Å². The second-order valence-corrected chi connectivity index (χ2v) is 7.32. The first-order valence-corrected chi connectivity index (χ1v) is 10.2. The van der Waals surface area contributed by atoms with E-state index in [0.29, 0.717) is 28.7 Å². The van der Waals surface area contributed by atoms with Gasteiger partial charge in [0, 0.05) is 24.1 Å². The van der Waals surface area contributed by atoms with E-state index in [-0.39, 0.29) is 18.6 Å². The highest BCUT2D eigenvalue weighted by molar-refractivity contribution is 6.05. The lowest BCUT2D eigenvalue weighted by Crippen LogP contribution is -2.34. The van der Waals surface area contributed by atoms with Gasteiger partial charge in [0.25, 0.3) is 5.91 Å². The topological polar surface area (TPSA) is 86.8 Å². The lowest BCUT2D eigenvalue weighted by atomic mass is 10.0. The van der Waals surface area contributed by atoms with Crippen LogP contribution >= 0.6 is 0 Å². The number of amides is 1. The van der Waals surface area contributed by atoms with Crippen molar-refractivity contribution in [2.75, 3.05) is 26.9 Å². The zero-order chi connectivity index (χ0) is 21.6. The number of ether oxygens (including phenoxy) is 3. The van der Waals surface area contributed by atoms with Crippen LogP contribution in [-0.2, 0) is 14.3 Å². The monoisotopic (exact) mass is 420 g/mol. The molecule has 1 aromatic heterocycles. The van der Waals surface area contributed by atoms with Crippen LogP contribution in [-0.4, -0.2) is 49.8 Å². The van der Waals surface area contributed by atoms with E-state index in [2.05, 4.69) is 10.3 Å². The van der Waals surface area contributed by atoms with Crippen molar-refractivity contribution in [2.45, 2.75) is 18.9 Å². The van der Waals surface area contributed by atoms with Gasteiger partial charge in [-0.1, -0.05) is 18.2 Å². The minimum absolute atomic E-state index is 0.0378. The number of para-hydroxylation sites is 1. The maximum absolute atomic E-state index is 12.8. The summed E-state index contributed by atoms with van der Waals surface area (Å²) in [5.41, 5.74) is 2.51. The molecule has 3 aromatic rings. The number of benzene rings is 2. The number of nitrogens with one attached hydrogen (secondary N) is 1. The minimum atomic E-state index is -0.569. The summed E-state index contributed by atoms with van der Waals surface area (Å²) in [6.07, 6.45) is 1.97. The van der Waals surface area contributed by atoms with Crippen LogP contribution in [0.2, 0.25) is 0 Å². The zero-order valence-corrected chi connectivity index (χ0v) is 17.3. The summed E-state index contributed by atoms with van der Waals surface area (Å²) in [4.78, 5) is 29.6. The van der Waals surface area contributed by atoms with E-state index in [0.717, 1.165) is 30.8 Å². The normalized spacial score (nSPS) is 15.6. The molecular weight excluding hydrogens is 396 g/mol. The molecule has 1 fully saturated rings. The third kappa shape index (κ3) is 5.00. The molecule has 2 heterocycles. The van der Waals surface area contributed by atoms with Crippen LogP contribution in [0.5, 0.6) is 5.75 Å². The van der Waals surface area contributed by atoms with Crippen molar-refractivity contribution in [3.05, 3.63) is 60.2 Å². The SMILES string of the molecule is COc1ccc(-c2cc(C(=O)OCC(=O)NC[C@@H]3CCCO3)c3ccccc3n2)cc1. The minimum Gasteiger partial charge on any atom is -0.497 e. The number of hydrogen-bond donors (Lipinski definition) is 1. The van der Waals surface area contributed by atoms with E-state index < -0.39 is 5.97 Å². The van der Waals surface area contributed by atoms with Gasteiger partial charge in [0.2, 0.25) is 0 Å². The maximum atomic E-state index is 12.8. The number of rotatable bonds is 7. The van der Waals surface area contributed by atoms with Crippen molar-refractivity contribution in [3.63, 3.8) is 0 Å². The number of carbonyl (C=O) groups excluding carboxylic acids is 2. The summed E-state index contributed by atoms with van der Waals surface area (Å²) >= 11 is 0. The number of esters is 1. The lowest BCUT2D eigenvalue weighted by molar-refractivity contribution is -0.124. The van der Waals surface area contributed by atoms with Gasteiger partial charge in [-0.05, 0) is 49.2 Å². The van der Waals surface area contributed by atoms with E-state index in [1.165, 1.54) is 0 Å². The molecule has 0 radical (unpaired) electrons. The van der Waals surface area contributed by atoms with Crippen LogP contribution in [0, 0.1) is 0 Å². The Morgan fingerprint density at radius 2 is 1.97 bits per heavy atom. The molecule has 2 aromatic carbocycles. The van der Waals surface area contributed by atoms with Gasteiger partial charge in [-0.2, -0.15) is 0 Å². The fourth-order valence-electron chi connectivity index (χ4n) is 3.55. The average Bonchev–Trinajstić information content (AvgIpc) is 3.34. The molecule has 0 spiro atoms. The summed E-state index contributed by atoms with van der Waals surface area (Å²) in [6.45, 7) is 0.803. The maximum Gasteiger partial charge on any atom is 0.339 e. The van der Waals surface area contributed by atoms with Crippen molar-refractivity contribution < 1.29 is 23.8 Å². The first kappa shape index (κ1) is 20.8. The Balaban J connectivity index is 1.51. The quantitative estimate of drug-likeness (QED) is 0.590. The Hall–Kier alpha value is -3.45.